The maximum Gasteiger partial charge on any atom is 0.193 e. The third kappa shape index (κ3) is 12.6. The minimum atomic E-state index is -1.02. The van der Waals surface area contributed by atoms with Gasteiger partial charge in [-0.25, -0.2) is 8.78 Å². The highest BCUT2D eigenvalue weighted by atomic mass is 35.5. The first-order valence-corrected chi connectivity index (χ1v) is 27.2. The number of rotatable bonds is 14. The van der Waals surface area contributed by atoms with E-state index in [4.69, 9.17) is 11.6 Å². The Morgan fingerprint density at radius 1 is 0.408 bits per heavy atom. The Bertz CT molecular complexity index is 3160. The first-order chi connectivity index (χ1) is 34.7. The van der Waals surface area contributed by atoms with Crippen molar-refractivity contribution in [3.8, 4) is 0 Å². The number of carbonyl (C=O) groups excluding carboxylic acids is 2. The summed E-state index contributed by atoms with van der Waals surface area (Å²) >= 11 is 10.0. The van der Waals surface area contributed by atoms with Crippen molar-refractivity contribution in [2.45, 2.75) is 55.4 Å². The molecule has 2 nitrogen and oxygen atoms in total. The fourth-order valence-electron chi connectivity index (χ4n) is 7.73. The third-order valence-corrected chi connectivity index (χ3v) is 18.3. The van der Waals surface area contributed by atoms with Crippen LogP contribution in [0.2, 0.25) is 0 Å². The molecule has 1 atom stereocenters. The fraction of sp³-hybridized carbons (Fsp3) is 0.0323. The summed E-state index contributed by atoms with van der Waals surface area (Å²) in [6.45, 7) is 0. The number of alkyl halides is 1. The molecule has 0 N–H and O–H groups in total. The molecule has 0 fully saturated rings. The van der Waals surface area contributed by atoms with Crippen LogP contribution in [0.4, 0.5) is 8.78 Å². The van der Waals surface area contributed by atoms with E-state index in [9.17, 15) is 18.4 Å². The van der Waals surface area contributed by atoms with Crippen LogP contribution in [-0.4, -0.2) is 16.4 Å². The van der Waals surface area contributed by atoms with Crippen LogP contribution in [-0.2, 0) is 21.8 Å². The molecule has 1 aliphatic carbocycles. The lowest BCUT2D eigenvalue weighted by atomic mass is 9.91. The van der Waals surface area contributed by atoms with Crippen molar-refractivity contribution in [2.24, 2.45) is 0 Å². The van der Waals surface area contributed by atoms with Crippen molar-refractivity contribution in [2.75, 3.05) is 0 Å². The topological polar surface area (TPSA) is 34.1 Å². The van der Waals surface area contributed by atoms with Gasteiger partial charge in [-0.05, 0) is 152 Å². The number of halogens is 3. The van der Waals surface area contributed by atoms with Gasteiger partial charge in [0.05, 0.1) is 21.8 Å². The number of thioether (sulfide) groups is 1. The number of ketones is 2. The highest BCUT2D eigenvalue weighted by molar-refractivity contribution is 8.03. The first-order valence-electron chi connectivity index (χ1n) is 22.7. The lowest BCUT2D eigenvalue weighted by Gasteiger charge is -2.24. The van der Waals surface area contributed by atoms with E-state index in [1.54, 1.807) is 47.8 Å². The number of hydrogen-bond donors (Lipinski definition) is 0. The van der Waals surface area contributed by atoms with Gasteiger partial charge in [0.25, 0.3) is 0 Å². The van der Waals surface area contributed by atoms with E-state index in [2.05, 4.69) is 115 Å². The average molecular weight is 1020 g/mol. The van der Waals surface area contributed by atoms with Gasteiger partial charge in [-0.1, -0.05) is 139 Å². The van der Waals surface area contributed by atoms with Crippen LogP contribution in [0.1, 0.15) is 32.7 Å². The summed E-state index contributed by atoms with van der Waals surface area (Å²) in [5.41, 5.74) is 1.97. The standard InChI is InChI=1S/C31H24ClOS2.C31H21F2OS2/c32-31(30(33)24-10-4-1-5-11-24)22-20-26(21-23-31)34-25-16-18-29(19-17-25)35(27-12-6-2-7-13-27)28-14-8-3-9-15-28;32-24-8-16-28(17-9-24)36(29-18-10-25(33)11-19-29)30-20-14-27(15-21-30)35-26-12-6-23(7-13-26)31(34)22-4-2-1-3-5-22/h1-22H,23H2;1-21H/q2*+1. The Kier molecular flexibility index (Phi) is 16.3. The van der Waals surface area contributed by atoms with E-state index in [0.29, 0.717) is 23.1 Å². The van der Waals surface area contributed by atoms with Gasteiger partial charge in [0.1, 0.15) is 16.5 Å². The van der Waals surface area contributed by atoms with Crippen LogP contribution in [0.5, 0.6) is 0 Å². The molecule has 1 unspecified atom stereocenters. The van der Waals surface area contributed by atoms with Crippen molar-refractivity contribution in [1.82, 2.24) is 0 Å². The molecule has 0 bridgehead atoms. The number of carbonyl (C=O) groups is 2. The minimum absolute atomic E-state index is 0.00474. The molecule has 0 aliphatic heterocycles. The molecule has 9 aromatic rings. The Labute approximate surface area is 433 Å². The Balaban J connectivity index is 0.000000176. The van der Waals surface area contributed by atoms with Crippen LogP contribution in [0.3, 0.4) is 0 Å². The third-order valence-electron chi connectivity index (χ3n) is 11.3. The van der Waals surface area contributed by atoms with Gasteiger partial charge in [0.15, 0.2) is 40.9 Å². The molecule has 71 heavy (non-hydrogen) atoms. The van der Waals surface area contributed by atoms with Gasteiger partial charge in [-0.3, -0.25) is 9.59 Å². The van der Waals surface area contributed by atoms with Gasteiger partial charge in [-0.15, -0.1) is 11.6 Å². The van der Waals surface area contributed by atoms with Gasteiger partial charge >= 0.3 is 0 Å². The van der Waals surface area contributed by atoms with Crippen molar-refractivity contribution in [3.05, 3.63) is 294 Å². The van der Waals surface area contributed by atoms with E-state index < -0.39 is 15.8 Å². The Morgan fingerprint density at radius 3 is 1.15 bits per heavy atom. The van der Waals surface area contributed by atoms with E-state index in [-0.39, 0.29) is 34.1 Å². The summed E-state index contributed by atoms with van der Waals surface area (Å²) in [5.74, 6) is -0.631. The fourth-order valence-corrected chi connectivity index (χ4v) is 13.8. The molecule has 0 aromatic heterocycles. The second-order valence-electron chi connectivity index (χ2n) is 16.2. The second-order valence-corrected chi connectivity index (χ2v) is 23.2. The molecule has 0 saturated carbocycles. The molecule has 0 heterocycles. The number of allylic oxidation sites excluding steroid dienone is 3. The highest BCUT2D eigenvalue weighted by Gasteiger charge is 2.35. The van der Waals surface area contributed by atoms with Crippen LogP contribution < -0.4 is 0 Å². The van der Waals surface area contributed by atoms with E-state index in [0.717, 1.165) is 34.3 Å². The molecule has 9 heteroatoms. The molecule has 0 spiro atoms. The van der Waals surface area contributed by atoms with Crippen LogP contribution in [0.25, 0.3) is 0 Å². The summed E-state index contributed by atoms with van der Waals surface area (Å²) < 4.78 is 27.1. The Morgan fingerprint density at radius 2 is 0.746 bits per heavy atom. The summed E-state index contributed by atoms with van der Waals surface area (Å²) in [6.07, 6.45) is 6.34. The monoisotopic (exact) mass is 1020 g/mol. The van der Waals surface area contributed by atoms with Crippen molar-refractivity contribution >= 4 is 68.5 Å². The molecule has 9 aromatic carbocycles. The number of benzene rings is 9. The molecule has 348 valence electrons. The summed E-state index contributed by atoms with van der Waals surface area (Å²) in [6, 6.07) is 77.4. The van der Waals surface area contributed by atoms with Crippen LogP contribution in [0, 0.1) is 11.6 Å². The van der Waals surface area contributed by atoms with Crippen LogP contribution in [0.15, 0.2) is 310 Å². The predicted octanol–water partition coefficient (Wildman–Crippen LogP) is 17.0. The number of Topliss-reactive ketones (excluding diaryl/α,β-unsaturated/α-hetero) is 1. The largest absolute Gasteiger partial charge is 0.292 e. The van der Waals surface area contributed by atoms with Gasteiger partial charge in [0.2, 0.25) is 0 Å². The zero-order chi connectivity index (χ0) is 49.0. The molecule has 0 radical (unpaired) electrons. The quantitative estimate of drug-likeness (QED) is 0.0618. The zero-order valence-corrected chi connectivity index (χ0v) is 42.1. The molecule has 0 amide bonds. The highest BCUT2D eigenvalue weighted by Crippen LogP contribution is 2.39. The first kappa shape index (κ1) is 49.3. The van der Waals surface area contributed by atoms with Crippen molar-refractivity contribution in [1.29, 1.82) is 0 Å². The average Bonchev–Trinajstić information content (AvgIpc) is 3.42. The maximum absolute atomic E-state index is 13.6. The van der Waals surface area contributed by atoms with Gasteiger partial charge < -0.3 is 0 Å². The molecular weight excluding hydrogens is 978 g/mol. The molecular formula is C62H45ClF2O2S4+2. The Hall–Kier alpha value is -6.65. The molecule has 10 rings (SSSR count). The molecule has 1 aliphatic rings. The summed E-state index contributed by atoms with van der Waals surface area (Å²) in [5, 5.41) is 0. The predicted molar refractivity (Wildman–Crippen MR) is 290 cm³/mol. The summed E-state index contributed by atoms with van der Waals surface area (Å²) in [4.78, 5) is 35.7. The molecule has 0 saturated heterocycles. The minimum Gasteiger partial charge on any atom is -0.292 e. The van der Waals surface area contributed by atoms with Crippen LogP contribution >= 0.6 is 35.1 Å². The van der Waals surface area contributed by atoms with Crippen molar-refractivity contribution in [3.63, 3.8) is 0 Å². The lowest BCUT2D eigenvalue weighted by Crippen LogP contribution is -2.31. The van der Waals surface area contributed by atoms with E-state index >= 15 is 0 Å². The lowest BCUT2D eigenvalue weighted by molar-refractivity contribution is 0.0959. The zero-order valence-electron chi connectivity index (χ0n) is 38.1. The van der Waals surface area contributed by atoms with E-state index in [1.165, 1.54) is 39.0 Å². The SMILES string of the molecule is O=C(c1ccccc1)C1(Cl)C=CC(Sc2ccc([S+](c3ccccc3)c3ccccc3)cc2)=CC1.O=C(c1ccccc1)c1ccc(Sc2ccc([S+](c3ccc(F)cc3)c3ccc(F)cc3)cc2)cc1. The van der Waals surface area contributed by atoms with Gasteiger partial charge in [0, 0.05) is 36.3 Å². The van der Waals surface area contributed by atoms with Gasteiger partial charge in [-0.2, -0.15) is 0 Å². The number of hydrogen-bond acceptors (Lipinski definition) is 4. The van der Waals surface area contributed by atoms with E-state index in [1.807, 2.05) is 97.1 Å². The maximum atomic E-state index is 13.6. The second kappa shape index (κ2) is 23.5. The smallest absolute Gasteiger partial charge is 0.193 e. The normalized spacial score (nSPS) is 14.1. The van der Waals surface area contributed by atoms with Crippen molar-refractivity contribution < 1.29 is 18.4 Å². The summed E-state index contributed by atoms with van der Waals surface area (Å²) in [7, 11) is -0.649.